The number of rotatable bonds is 2. The van der Waals surface area contributed by atoms with Gasteiger partial charge in [0.2, 0.25) is 0 Å². The fourth-order valence-corrected chi connectivity index (χ4v) is 7.65. The lowest BCUT2D eigenvalue weighted by atomic mass is 9.45. The number of allylic oxidation sites excluding steroid dienone is 1. The van der Waals surface area contributed by atoms with Gasteiger partial charge in [0.25, 0.3) is 0 Å². The summed E-state index contributed by atoms with van der Waals surface area (Å²) in [6.07, 6.45) is 10.3. The molecule has 3 saturated carbocycles. The first kappa shape index (κ1) is 18.3. The number of fused-ring (bicyclic) bond motifs is 5. The molecule has 0 aromatic heterocycles. The maximum atomic E-state index is 12.4. The third-order valence-electron chi connectivity index (χ3n) is 9.09. The van der Waals surface area contributed by atoms with Crippen LogP contribution in [0.15, 0.2) is 23.3 Å². The lowest BCUT2D eigenvalue weighted by Crippen LogP contribution is -2.61. The molecule has 0 saturated heterocycles. The number of carbonyl (C=O) groups excluding carboxylic acids is 3. The van der Waals surface area contributed by atoms with Gasteiger partial charge < -0.3 is 14.6 Å². The normalized spacial score (nSPS) is 47.4. The van der Waals surface area contributed by atoms with Gasteiger partial charge in [-0.2, -0.15) is 0 Å². The molecule has 1 aliphatic heterocycles. The van der Waals surface area contributed by atoms with Gasteiger partial charge in [0, 0.05) is 17.9 Å². The summed E-state index contributed by atoms with van der Waals surface area (Å²) >= 11 is 0. The molecule has 6 atom stereocenters. The molecule has 150 valence electrons. The molecular weight excluding hydrogens is 356 g/mol. The summed E-state index contributed by atoms with van der Waals surface area (Å²) < 4.78 is 5.16. The SMILES string of the molecule is C[C@]12CC[C@H]3[C@@H](CCC4=CC(=O)CC[C@@]43C=O)[C@@]1(O)CC[C@@H]2C1=CC(=O)OC1. The van der Waals surface area contributed by atoms with E-state index in [1.54, 1.807) is 12.2 Å². The molecule has 5 aliphatic rings. The number of esters is 1. The molecule has 0 amide bonds. The summed E-state index contributed by atoms with van der Waals surface area (Å²) in [4.78, 5) is 35.9. The Morgan fingerprint density at radius 3 is 2.61 bits per heavy atom. The molecule has 28 heavy (non-hydrogen) atoms. The predicted octanol–water partition coefficient (Wildman–Crippen LogP) is 2.91. The summed E-state index contributed by atoms with van der Waals surface area (Å²) in [5.74, 6) is 0.170. The molecule has 5 rings (SSSR count). The minimum atomic E-state index is -0.837. The molecular formula is C23H28O5. The molecule has 0 unspecified atom stereocenters. The summed E-state index contributed by atoms with van der Waals surface area (Å²) in [5, 5.41) is 12.1. The van der Waals surface area contributed by atoms with Crippen LogP contribution in [0.4, 0.5) is 0 Å². The van der Waals surface area contributed by atoms with E-state index in [0.29, 0.717) is 25.9 Å². The molecule has 1 N–H and O–H groups in total. The lowest BCUT2D eigenvalue weighted by Gasteiger charge is -2.60. The number of aliphatic hydroxyl groups is 1. The van der Waals surface area contributed by atoms with E-state index in [4.69, 9.17) is 4.74 Å². The smallest absolute Gasteiger partial charge is 0.331 e. The fraction of sp³-hybridized carbons (Fsp3) is 0.696. The van der Waals surface area contributed by atoms with E-state index < -0.39 is 11.0 Å². The maximum absolute atomic E-state index is 12.4. The maximum Gasteiger partial charge on any atom is 0.331 e. The van der Waals surface area contributed by atoms with Crippen LogP contribution in [0, 0.1) is 28.6 Å². The van der Waals surface area contributed by atoms with Crippen LogP contribution in [0.3, 0.4) is 0 Å². The number of hydrogen-bond donors (Lipinski definition) is 1. The van der Waals surface area contributed by atoms with Crippen molar-refractivity contribution in [2.45, 2.75) is 63.9 Å². The Bertz CT molecular complexity index is 825. The Balaban J connectivity index is 1.53. The second-order valence-corrected chi connectivity index (χ2v) is 9.84. The van der Waals surface area contributed by atoms with Gasteiger partial charge in [-0.05, 0) is 74.3 Å². The first-order chi connectivity index (χ1) is 13.3. The monoisotopic (exact) mass is 384 g/mol. The van der Waals surface area contributed by atoms with Gasteiger partial charge in [-0.25, -0.2) is 4.79 Å². The molecule has 5 heteroatoms. The van der Waals surface area contributed by atoms with Gasteiger partial charge in [-0.1, -0.05) is 12.5 Å². The van der Waals surface area contributed by atoms with Gasteiger partial charge in [0.15, 0.2) is 5.78 Å². The highest BCUT2D eigenvalue weighted by Crippen LogP contribution is 2.69. The highest BCUT2D eigenvalue weighted by atomic mass is 16.5. The highest BCUT2D eigenvalue weighted by Gasteiger charge is 2.67. The van der Waals surface area contributed by atoms with Crippen molar-refractivity contribution in [2.24, 2.45) is 28.6 Å². The number of cyclic esters (lactones) is 1. The van der Waals surface area contributed by atoms with Crippen LogP contribution in [-0.2, 0) is 19.1 Å². The molecule has 3 fully saturated rings. The van der Waals surface area contributed by atoms with E-state index in [0.717, 1.165) is 49.5 Å². The first-order valence-corrected chi connectivity index (χ1v) is 10.6. The van der Waals surface area contributed by atoms with Crippen LogP contribution in [0.25, 0.3) is 0 Å². The van der Waals surface area contributed by atoms with Crippen molar-refractivity contribution >= 4 is 18.0 Å². The van der Waals surface area contributed by atoms with E-state index in [-0.39, 0.29) is 34.9 Å². The van der Waals surface area contributed by atoms with Gasteiger partial charge in [-0.3, -0.25) is 4.79 Å². The Morgan fingerprint density at radius 1 is 1.07 bits per heavy atom. The van der Waals surface area contributed by atoms with E-state index in [1.807, 2.05) is 0 Å². The number of hydrogen-bond acceptors (Lipinski definition) is 5. The second-order valence-electron chi connectivity index (χ2n) is 9.84. The van der Waals surface area contributed by atoms with Crippen LogP contribution < -0.4 is 0 Å². The zero-order valence-corrected chi connectivity index (χ0v) is 16.4. The third kappa shape index (κ3) is 2.14. The largest absolute Gasteiger partial charge is 0.458 e. The first-order valence-electron chi connectivity index (χ1n) is 10.6. The van der Waals surface area contributed by atoms with Gasteiger partial charge in [0.05, 0.1) is 11.0 Å². The van der Waals surface area contributed by atoms with Crippen LogP contribution in [0.1, 0.15) is 58.3 Å². The molecule has 0 spiro atoms. The van der Waals surface area contributed by atoms with Crippen LogP contribution >= 0.6 is 0 Å². The van der Waals surface area contributed by atoms with Gasteiger partial charge >= 0.3 is 5.97 Å². The van der Waals surface area contributed by atoms with Crippen LogP contribution in [-0.4, -0.2) is 35.4 Å². The van der Waals surface area contributed by atoms with Crippen molar-refractivity contribution < 1.29 is 24.2 Å². The number of ketones is 1. The van der Waals surface area contributed by atoms with Gasteiger partial charge in [0.1, 0.15) is 12.9 Å². The second kappa shape index (κ2) is 5.88. The summed E-state index contributed by atoms with van der Waals surface area (Å²) in [5.41, 5.74) is 0.309. The summed E-state index contributed by atoms with van der Waals surface area (Å²) in [6.45, 7) is 2.52. The number of aldehydes is 1. The minimum absolute atomic E-state index is 0.0606. The average Bonchev–Trinajstić information content (AvgIpc) is 3.22. The number of ether oxygens (including phenoxy) is 1. The molecule has 1 heterocycles. The van der Waals surface area contributed by atoms with E-state index in [2.05, 4.69) is 6.92 Å². The highest BCUT2D eigenvalue weighted by molar-refractivity contribution is 5.93. The van der Waals surface area contributed by atoms with E-state index in [1.165, 1.54) is 0 Å². The lowest BCUT2D eigenvalue weighted by molar-refractivity contribution is -0.182. The Labute approximate surface area is 165 Å². The zero-order chi connectivity index (χ0) is 19.7. The molecule has 0 aromatic rings. The Hall–Kier alpha value is -1.75. The summed E-state index contributed by atoms with van der Waals surface area (Å²) in [7, 11) is 0. The third-order valence-corrected chi connectivity index (χ3v) is 9.09. The van der Waals surface area contributed by atoms with Crippen molar-refractivity contribution in [1.29, 1.82) is 0 Å². The van der Waals surface area contributed by atoms with Crippen molar-refractivity contribution in [1.82, 2.24) is 0 Å². The van der Waals surface area contributed by atoms with E-state index >= 15 is 0 Å². The zero-order valence-electron chi connectivity index (χ0n) is 16.4. The molecule has 5 nitrogen and oxygen atoms in total. The minimum Gasteiger partial charge on any atom is -0.458 e. The topological polar surface area (TPSA) is 80.7 Å². The standard InChI is InChI=1S/C23H28O5/c1-21-7-5-18-19(3-2-15-11-16(25)4-8-22(15,18)13-24)23(21,27)9-6-17(21)14-10-20(26)28-12-14/h10-11,13,17-19,27H,2-9,12H2,1H3/t17-,18+,19-,21-,22-,23+/m1/s1. The average molecular weight is 384 g/mol. The van der Waals surface area contributed by atoms with Gasteiger partial charge in [-0.15, -0.1) is 0 Å². The molecule has 4 aliphatic carbocycles. The molecule has 0 aromatic carbocycles. The van der Waals surface area contributed by atoms with Crippen LogP contribution in [0.2, 0.25) is 0 Å². The molecule has 0 bridgehead atoms. The van der Waals surface area contributed by atoms with Crippen LogP contribution in [0.5, 0.6) is 0 Å². The quantitative estimate of drug-likeness (QED) is 0.585. The Kier molecular flexibility index (Phi) is 3.84. The molecule has 0 radical (unpaired) electrons. The predicted molar refractivity (Wildman–Crippen MR) is 101 cm³/mol. The number of carbonyl (C=O) groups is 3. The Morgan fingerprint density at radius 2 is 1.89 bits per heavy atom. The van der Waals surface area contributed by atoms with Crippen molar-refractivity contribution in [2.75, 3.05) is 6.61 Å². The van der Waals surface area contributed by atoms with Crippen molar-refractivity contribution in [3.63, 3.8) is 0 Å². The summed E-state index contributed by atoms with van der Waals surface area (Å²) in [6, 6.07) is 0. The fourth-order valence-electron chi connectivity index (χ4n) is 7.65. The van der Waals surface area contributed by atoms with Crippen molar-refractivity contribution in [3.8, 4) is 0 Å². The van der Waals surface area contributed by atoms with Crippen molar-refractivity contribution in [3.05, 3.63) is 23.3 Å². The van der Waals surface area contributed by atoms with E-state index in [9.17, 15) is 19.5 Å².